The lowest BCUT2D eigenvalue weighted by Crippen LogP contribution is -2.26. The zero-order chi connectivity index (χ0) is 16.8. The Labute approximate surface area is 143 Å². The molecule has 2 nitrogen and oxygen atoms in total. The van der Waals surface area contributed by atoms with E-state index in [1.54, 1.807) is 0 Å². The van der Waals surface area contributed by atoms with Crippen LogP contribution in [0.15, 0.2) is 72.8 Å². The summed E-state index contributed by atoms with van der Waals surface area (Å²) in [5, 5.41) is 5.55. The number of hydrogen-bond acceptors (Lipinski definition) is 1. The standard InChI is InChI=1S/C22H23NO/c1-17(20-15-8-13-19-12-5-6-14-21(19)20)23-22(24)16-7-11-18-9-3-2-4-10-18/h2-6,8-10,12-15,17H,7,11,16H2,1H3,(H,23,24). The minimum atomic E-state index is 0.0142. The minimum absolute atomic E-state index is 0.0142. The van der Waals surface area contributed by atoms with Gasteiger partial charge in [0.2, 0.25) is 5.91 Å². The van der Waals surface area contributed by atoms with E-state index in [2.05, 4.69) is 54.7 Å². The second-order valence-electron chi connectivity index (χ2n) is 6.20. The van der Waals surface area contributed by atoms with Crippen molar-refractivity contribution in [3.05, 3.63) is 83.9 Å². The first-order chi connectivity index (χ1) is 11.7. The van der Waals surface area contributed by atoms with E-state index >= 15 is 0 Å². The highest BCUT2D eigenvalue weighted by molar-refractivity contribution is 5.86. The molecule has 0 heterocycles. The van der Waals surface area contributed by atoms with Crippen molar-refractivity contribution >= 4 is 16.7 Å². The quantitative estimate of drug-likeness (QED) is 0.678. The van der Waals surface area contributed by atoms with Crippen LogP contribution in [0.2, 0.25) is 0 Å². The van der Waals surface area contributed by atoms with Crippen LogP contribution in [-0.2, 0) is 11.2 Å². The fourth-order valence-corrected chi connectivity index (χ4v) is 3.12. The van der Waals surface area contributed by atoms with Crippen LogP contribution in [0.5, 0.6) is 0 Å². The third-order valence-electron chi connectivity index (χ3n) is 4.38. The van der Waals surface area contributed by atoms with Gasteiger partial charge in [-0.3, -0.25) is 4.79 Å². The van der Waals surface area contributed by atoms with Crippen molar-refractivity contribution in [3.8, 4) is 0 Å². The van der Waals surface area contributed by atoms with Gasteiger partial charge in [0, 0.05) is 6.42 Å². The molecule has 0 aliphatic heterocycles. The van der Waals surface area contributed by atoms with Crippen LogP contribution in [0.1, 0.15) is 36.9 Å². The molecule has 0 bridgehead atoms. The molecule has 0 saturated carbocycles. The Morgan fingerprint density at radius 1 is 0.917 bits per heavy atom. The van der Waals surface area contributed by atoms with E-state index < -0.39 is 0 Å². The second-order valence-corrected chi connectivity index (χ2v) is 6.20. The molecule has 0 saturated heterocycles. The summed E-state index contributed by atoms with van der Waals surface area (Å²) in [6.45, 7) is 2.05. The zero-order valence-electron chi connectivity index (χ0n) is 14.0. The smallest absolute Gasteiger partial charge is 0.220 e. The number of amides is 1. The Bertz CT molecular complexity index is 805. The van der Waals surface area contributed by atoms with Gasteiger partial charge in [0.15, 0.2) is 0 Å². The Hall–Kier alpha value is -2.61. The van der Waals surface area contributed by atoms with E-state index in [0.29, 0.717) is 6.42 Å². The van der Waals surface area contributed by atoms with Crippen LogP contribution in [0, 0.1) is 0 Å². The predicted octanol–water partition coefficient (Wildman–Crippen LogP) is 5.04. The van der Waals surface area contributed by atoms with Crippen molar-refractivity contribution in [2.45, 2.75) is 32.2 Å². The Balaban J connectivity index is 1.57. The maximum atomic E-state index is 12.2. The van der Waals surface area contributed by atoms with E-state index in [1.165, 1.54) is 21.9 Å². The average Bonchev–Trinajstić information content (AvgIpc) is 2.62. The van der Waals surface area contributed by atoms with Gasteiger partial charge in [-0.25, -0.2) is 0 Å². The van der Waals surface area contributed by atoms with Crippen molar-refractivity contribution in [2.75, 3.05) is 0 Å². The summed E-state index contributed by atoms with van der Waals surface area (Å²) in [6.07, 6.45) is 2.37. The molecule has 2 heteroatoms. The maximum Gasteiger partial charge on any atom is 0.220 e. The molecule has 3 rings (SSSR count). The third-order valence-corrected chi connectivity index (χ3v) is 4.38. The molecule has 3 aromatic rings. The molecule has 0 aliphatic rings. The van der Waals surface area contributed by atoms with Crippen LogP contribution in [-0.4, -0.2) is 5.91 Å². The van der Waals surface area contributed by atoms with Crippen molar-refractivity contribution in [1.29, 1.82) is 0 Å². The van der Waals surface area contributed by atoms with E-state index in [1.807, 2.05) is 30.3 Å². The van der Waals surface area contributed by atoms with Gasteiger partial charge in [-0.1, -0.05) is 72.8 Å². The maximum absolute atomic E-state index is 12.2. The molecule has 0 aliphatic carbocycles. The lowest BCUT2D eigenvalue weighted by molar-refractivity contribution is -0.121. The van der Waals surface area contributed by atoms with E-state index in [9.17, 15) is 4.79 Å². The third kappa shape index (κ3) is 4.02. The van der Waals surface area contributed by atoms with Crippen LogP contribution in [0.3, 0.4) is 0 Å². The lowest BCUT2D eigenvalue weighted by atomic mass is 9.99. The number of aryl methyl sites for hydroxylation is 1. The largest absolute Gasteiger partial charge is 0.350 e. The summed E-state index contributed by atoms with van der Waals surface area (Å²) in [7, 11) is 0. The summed E-state index contributed by atoms with van der Waals surface area (Å²) >= 11 is 0. The Kier molecular flexibility index (Phi) is 5.27. The number of hydrogen-bond donors (Lipinski definition) is 1. The van der Waals surface area contributed by atoms with Gasteiger partial charge in [0.1, 0.15) is 0 Å². The van der Waals surface area contributed by atoms with Crippen LogP contribution in [0.4, 0.5) is 0 Å². The zero-order valence-corrected chi connectivity index (χ0v) is 14.0. The van der Waals surface area contributed by atoms with Gasteiger partial charge in [-0.15, -0.1) is 0 Å². The van der Waals surface area contributed by atoms with E-state index in [-0.39, 0.29) is 11.9 Å². The van der Waals surface area contributed by atoms with Crippen LogP contribution in [0.25, 0.3) is 10.8 Å². The molecular formula is C22H23NO. The number of carbonyl (C=O) groups is 1. The summed E-state index contributed by atoms with van der Waals surface area (Å²) in [5.74, 6) is 0.117. The summed E-state index contributed by atoms with van der Waals surface area (Å²) in [6, 6.07) is 24.9. The Morgan fingerprint density at radius 2 is 1.62 bits per heavy atom. The highest BCUT2D eigenvalue weighted by Crippen LogP contribution is 2.24. The number of benzene rings is 3. The van der Waals surface area contributed by atoms with Crippen molar-refractivity contribution in [2.24, 2.45) is 0 Å². The van der Waals surface area contributed by atoms with Gasteiger partial charge >= 0.3 is 0 Å². The van der Waals surface area contributed by atoms with E-state index in [0.717, 1.165) is 12.8 Å². The summed E-state index contributed by atoms with van der Waals surface area (Å²) in [4.78, 5) is 12.2. The molecule has 1 N–H and O–H groups in total. The monoisotopic (exact) mass is 317 g/mol. The molecule has 0 radical (unpaired) electrons. The molecule has 24 heavy (non-hydrogen) atoms. The fraction of sp³-hybridized carbons (Fsp3) is 0.227. The first kappa shape index (κ1) is 16.3. The molecule has 122 valence electrons. The van der Waals surface area contributed by atoms with E-state index in [4.69, 9.17) is 0 Å². The van der Waals surface area contributed by atoms with Crippen molar-refractivity contribution in [1.82, 2.24) is 5.32 Å². The van der Waals surface area contributed by atoms with Gasteiger partial charge in [0.25, 0.3) is 0 Å². The summed E-state index contributed by atoms with van der Waals surface area (Å²) in [5.41, 5.74) is 2.46. The number of rotatable bonds is 6. The average molecular weight is 317 g/mol. The molecule has 1 amide bonds. The molecule has 0 fully saturated rings. The molecule has 1 atom stereocenters. The topological polar surface area (TPSA) is 29.1 Å². The van der Waals surface area contributed by atoms with Crippen LogP contribution >= 0.6 is 0 Å². The second kappa shape index (κ2) is 7.78. The normalized spacial score (nSPS) is 12.0. The first-order valence-electron chi connectivity index (χ1n) is 8.55. The SMILES string of the molecule is CC(NC(=O)CCCc1ccccc1)c1cccc2ccccc12. The molecular weight excluding hydrogens is 294 g/mol. The highest BCUT2D eigenvalue weighted by Gasteiger charge is 2.12. The molecule has 0 aromatic heterocycles. The highest BCUT2D eigenvalue weighted by atomic mass is 16.1. The molecule has 1 unspecified atom stereocenters. The summed E-state index contributed by atoms with van der Waals surface area (Å²) < 4.78 is 0. The number of fused-ring (bicyclic) bond motifs is 1. The molecule has 3 aromatic carbocycles. The van der Waals surface area contributed by atoms with Gasteiger partial charge in [0.05, 0.1) is 6.04 Å². The molecule has 0 spiro atoms. The van der Waals surface area contributed by atoms with Crippen LogP contribution < -0.4 is 5.32 Å². The number of carbonyl (C=O) groups excluding carboxylic acids is 1. The minimum Gasteiger partial charge on any atom is -0.350 e. The predicted molar refractivity (Wildman–Crippen MR) is 99.9 cm³/mol. The fourth-order valence-electron chi connectivity index (χ4n) is 3.12. The van der Waals surface area contributed by atoms with Gasteiger partial charge in [-0.2, -0.15) is 0 Å². The van der Waals surface area contributed by atoms with Crippen molar-refractivity contribution < 1.29 is 4.79 Å². The Morgan fingerprint density at radius 3 is 2.46 bits per heavy atom. The van der Waals surface area contributed by atoms with Crippen molar-refractivity contribution in [3.63, 3.8) is 0 Å². The lowest BCUT2D eigenvalue weighted by Gasteiger charge is -2.16. The van der Waals surface area contributed by atoms with Gasteiger partial charge in [-0.05, 0) is 41.7 Å². The van der Waals surface area contributed by atoms with Gasteiger partial charge < -0.3 is 5.32 Å². The first-order valence-corrected chi connectivity index (χ1v) is 8.55. The number of nitrogens with one attached hydrogen (secondary N) is 1.